The summed E-state index contributed by atoms with van der Waals surface area (Å²) >= 11 is 0. The molecule has 0 bridgehead atoms. The van der Waals surface area contributed by atoms with Crippen LogP contribution < -0.4 is 0 Å². The number of ether oxygens (including phenoxy) is 1. The molecule has 13 heavy (non-hydrogen) atoms. The standard InChI is InChI=1S/C9H16O4/c1-2-3-6-13-9(12)8(7-11)4-5-10/h4,10-11H,2-3,5-7H2,1H3/b8-4+. The summed E-state index contributed by atoms with van der Waals surface area (Å²) in [5.74, 6) is -0.551. The number of aliphatic hydroxyl groups is 2. The van der Waals surface area contributed by atoms with Gasteiger partial charge >= 0.3 is 5.97 Å². The van der Waals surface area contributed by atoms with E-state index in [4.69, 9.17) is 14.9 Å². The van der Waals surface area contributed by atoms with Gasteiger partial charge in [0.2, 0.25) is 0 Å². The van der Waals surface area contributed by atoms with Crippen LogP contribution in [0.1, 0.15) is 19.8 Å². The highest BCUT2D eigenvalue weighted by atomic mass is 16.5. The zero-order valence-electron chi connectivity index (χ0n) is 7.82. The van der Waals surface area contributed by atoms with E-state index in [2.05, 4.69) is 0 Å². The molecule has 0 unspecified atom stereocenters. The molecule has 0 aliphatic carbocycles. The van der Waals surface area contributed by atoms with Gasteiger partial charge in [0.25, 0.3) is 0 Å². The molecule has 0 saturated carbocycles. The predicted molar refractivity (Wildman–Crippen MR) is 48.1 cm³/mol. The number of aliphatic hydroxyl groups excluding tert-OH is 2. The topological polar surface area (TPSA) is 66.8 Å². The van der Waals surface area contributed by atoms with Crippen molar-refractivity contribution in [2.75, 3.05) is 19.8 Å². The molecule has 0 radical (unpaired) electrons. The average Bonchev–Trinajstić information content (AvgIpc) is 2.14. The van der Waals surface area contributed by atoms with Gasteiger partial charge in [-0.3, -0.25) is 0 Å². The highest BCUT2D eigenvalue weighted by Crippen LogP contribution is 1.98. The van der Waals surface area contributed by atoms with Crippen LogP contribution in [0.3, 0.4) is 0 Å². The Morgan fingerprint density at radius 2 is 2.15 bits per heavy atom. The number of carbonyl (C=O) groups excluding carboxylic acids is 1. The average molecular weight is 188 g/mol. The molecule has 0 aromatic carbocycles. The lowest BCUT2D eigenvalue weighted by Crippen LogP contribution is -2.12. The Hall–Kier alpha value is -0.870. The molecule has 0 saturated heterocycles. The maximum Gasteiger partial charge on any atom is 0.336 e. The number of hydrogen-bond donors (Lipinski definition) is 2. The van der Waals surface area contributed by atoms with Crippen molar-refractivity contribution in [3.8, 4) is 0 Å². The molecular weight excluding hydrogens is 172 g/mol. The molecular formula is C9H16O4. The fourth-order valence-electron chi connectivity index (χ4n) is 0.725. The number of carbonyl (C=O) groups is 1. The van der Waals surface area contributed by atoms with E-state index in [1.54, 1.807) is 0 Å². The van der Waals surface area contributed by atoms with Crippen LogP contribution in [0.4, 0.5) is 0 Å². The van der Waals surface area contributed by atoms with Gasteiger partial charge in [0.15, 0.2) is 0 Å². The van der Waals surface area contributed by atoms with Crippen LogP contribution in [0.25, 0.3) is 0 Å². The van der Waals surface area contributed by atoms with Crippen LogP contribution in [0.5, 0.6) is 0 Å². The third-order valence-corrected chi connectivity index (χ3v) is 1.50. The Labute approximate surface area is 77.8 Å². The third-order valence-electron chi connectivity index (χ3n) is 1.50. The largest absolute Gasteiger partial charge is 0.462 e. The molecule has 0 aliphatic rings. The lowest BCUT2D eigenvalue weighted by Gasteiger charge is -2.04. The van der Waals surface area contributed by atoms with Crippen LogP contribution in [-0.2, 0) is 9.53 Å². The molecule has 4 nitrogen and oxygen atoms in total. The van der Waals surface area contributed by atoms with Crippen molar-refractivity contribution in [3.63, 3.8) is 0 Å². The third kappa shape index (κ3) is 5.38. The quantitative estimate of drug-likeness (QED) is 0.356. The minimum atomic E-state index is -0.551. The molecule has 0 fully saturated rings. The second kappa shape index (κ2) is 7.76. The van der Waals surface area contributed by atoms with Gasteiger partial charge in [0.05, 0.1) is 25.4 Å². The number of esters is 1. The molecule has 0 aromatic rings. The van der Waals surface area contributed by atoms with Crippen molar-refractivity contribution in [3.05, 3.63) is 11.6 Å². The zero-order chi connectivity index (χ0) is 10.1. The van der Waals surface area contributed by atoms with E-state index in [0.717, 1.165) is 12.8 Å². The summed E-state index contributed by atoms with van der Waals surface area (Å²) in [4.78, 5) is 11.1. The van der Waals surface area contributed by atoms with Crippen molar-refractivity contribution in [2.24, 2.45) is 0 Å². The van der Waals surface area contributed by atoms with Crippen LogP contribution in [0.15, 0.2) is 11.6 Å². The molecule has 0 spiro atoms. The Kier molecular flexibility index (Phi) is 7.24. The van der Waals surface area contributed by atoms with Gasteiger partial charge in [-0.25, -0.2) is 4.79 Å². The van der Waals surface area contributed by atoms with E-state index in [1.165, 1.54) is 6.08 Å². The summed E-state index contributed by atoms with van der Waals surface area (Å²) < 4.78 is 4.81. The van der Waals surface area contributed by atoms with E-state index in [0.29, 0.717) is 6.61 Å². The van der Waals surface area contributed by atoms with Crippen LogP contribution >= 0.6 is 0 Å². The lowest BCUT2D eigenvalue weighted by atomic mass is 10.2. The summed E-state index contributed by atoms with van der Waals surface area (Å²) in [6, 6.07) is 0. The number of unbranched alkanes of at least 4 members (excludes halogenated alkanes) is 1. The first-order valence-electron chi connectivity index (χ1n) is 4.34. The molecule has 0 amide bonds. The number of rotatable bonds is 6. The summed E-state index contributed by atoms with van der Waals surface area (Å²) in [6.07, 6.45) is 3.00. The van der Waals surface area contributed by atoms with E-state index >= 15 is 0 Å². The van der Waals surface area contributed by atoms with Crippen molar-refractivity contribution in [1.29, 1.82) is 0 Å². The molecule has 0 atom stereocenters. The normalized spacial score (nSPS) is 11.5. The minimum absolute atomic E-state index is 0.110. The smallest absolute Gasteiger partial charge is 0.336 e. The Bertz CT molecular complexity index is 174. The van der Waals surface area contributed by atoms with Gasteiger partial charge in [-0.1, -0.05) is 13.3 Å². The molecule has 76 valence electrons. The molecule has 0 rings (SSSR count). The second-order valence-electron chi connectivity index (χ2n) is 2.56. The highest BCUT2D eigenvalue weighted by Gasteiger charge is 2.08. The molecule has 4 heteroatoms. The highest BCUT2D eigenvalue weighted by molar-refractivity contribution is 5.88. The lowest BCUT2D eigenvalue weighted by molar-refractivity contribution is -0.139. The van der Waals surface area contributed by atoms with Crippen molar-refractivity contribution < 1.29 is 19.7 Å². The monoisotopic (exact) mass is 188 g/mol. The van der Waals surface area contributed by atoms with Crippen molar-refractivity contribution >= 4 is 5.97 Å². The fraction of sp³-hybridized carbons (Fsp3) is 0.667. The maximum atomic E-state index is 11.1. The van der Waals surface area contributed by atoms with Gasteiger partial charge in [-0.05, 0) is 12.5 Å². The Morgan fingerprint density at radius 3 is 2.62 bits per heavy atom. The van der Waals surface area contributed by atoms with Gasteiger partial charge in [0.1, 0.15) is 0 Å². The molecule has 2 N–H and O–H groups in total. The Morgan fingerprint density at radius 1 is 1.46 bits per heavy atom. The van der Waals surface area contributed by atoms with Crippen LogP contribution in [0.2, 0.25) is 0 Å². The van der Waals surface area contributed by atoms with Gasteiger partial charge in [-0.2, -0.15) is 0 Å². The first-order chi connectivity index (χ1) is 6.26. The zero-order valence-corrected chi connectivity index (χ0v) is 7.82. The van der Waals surface area contributed by atoms with Crippen molar-refractivity contribution in [2.45, 2.75) is 19.8 Å². The number of hydrogen-bond acceptors (Lipinski definition) is 4. The van der Waals surface area contributed by atoms with Gasteiger partial charge in [0, 0.05) is 0 Å². The maximum absolute atomic E-state index is 11.1. The van der Waals surface area contributed by atoms with E-state index < -0.39 is 12.6 Å². The summed E-state index contributed by atoms with van der Waals surface area (Å²) in [5.41, 5.74) is 0.110. The Balaban J connectivity index is 3.85. The molecule has 0 aromatic heterocycles. The fourth-order valence-corrected chi connectivity index (χ4v) is 0.725. The van der Waals surface area contributed by atoms with E-state index in [1.807, 2.05) is 6.92 Å². The van der Waals surface area contributed by atoms with Crippen LogP contribution in [0, 0.1) is 0 Å². The molecule has 0 aliphatic heterocycles. The summed E-state index contributed by atoms with van der Waals surface area (Å²) in [7, 11) is 0. The van der Waals surface area contributed by atoms with Crippen LogP contribution in [-0.4, -0.2) is 36.0 Å². The second-order valence-corrected chi connectivity index (χ2v) is 2.56. The van der Waals surface area contributed by atoms with E-state index in [-0.39, 0.29) is 12.2 Å². The minimum Gasteiger partial charge on any atom is -0.462 e. The summed E-state index contributed by atoms with van der Waals surface area (Å²) in [5, 5.41) is 17.2. The van der Waals surface area contributed by atoms with E-state index in [9.17, 15) is 4.79 Å². The first kappa shape index (κ1) is 12.1. The van der Waals surface area contributed by atoms with Gasteiger partial charge in [-0.15, -0.1) is 0 Å². The van der Waals surface area contributed by atoms with Crippen molar-refractivity contribution in [1.82, 2.24) is 0 Å². The van der Waals surface area contributed by atoms with Gasteiger partial charge < -0.3 is 14.9 Å². The SMILES string of the molecule is CCCCOC(=O)/C(=C/CO)CO. The molecule has 0 heterocycles. The first-order valence-corrected chi connectivity index (χ1v) is 4.34. The summed E-state index contributed by atoms with van der Waals surface area (Å²) in [6.45, 7) is 1.69. The predicted octanol–water partition coefficient (Wildman–Crippen LogP) is 0.241.